The molecule has 0 bridgehead atoms. The summed E-state index contributed by atoms with van der Waals surface area (Å²) in [5.74, 6) is -2.57. The van der Waals surface area contributed by atoms with Crippen molar-refractivity contribution in [2.75, 3.05) is 18.0 Å². The van der Waals surface area contributed by atoms with Gasteiger partial charge in [0.2, 0.25) is 0 Å². The summed E-state index contributed by atoms with van der Waals surface area (Å²) in [5, 5.41) is 0.617. The van der Waals surface area contributed by atoms with Crippen molar-refractivity contribution in [1.82, 2.24) is 4.98 Å². The molecule has 0 unspecified atom stereocenters. The predicted molar refractivity (Wildman–Crippen MR) is 60.8 cm³/mol. The van der Waals surface area contributed by atoms with E-state index in [-0.39, 0.29) is 13.1 Å². The largest absolute Gasteiger partial charge is 0.699 e. The van der Waals surface area contributed by atoms with Crippen LogP contribution in [0.4, 0.5) is 19.6 Å². The summed E-state index contributed by atoms with van der Waals surface area (Å²) in [6.45, 7) is -0.499. The molecule has 6 heteroatoms. The molecule has 1 aliphatic rings. The molecule has 1 N–H and O–H groups in total. The number of nitrogens with zero attached hydrogens (tertiary/aromatic N) is 2. The van der Waals surface area contributed by atoms with Gasteiger partial charge in [0.25, 0.3) is 5.92 Å². The van der Waals surface area contributed by atoms with Gasteiger partial charge in [0.15, 0.2) is 5.13 Å². The molecule has 0 amide bonds. The maximum absolute atomic E-state index is 12.7. The molecule has 1 fully saturated rings. The van der Waals surface area contributed by atoms with Gasteiger partial charge < -0.3 is 10.6 Å². The van der Waals surface area contributed by atoms with Crippen LogP contribution in [0, 0.1) is 0 Å². The van der Waals surface area contributed by atoms with E-state index in [1.165, 1.54) is 11.3 Å². The summed E-state index contributed by atoms with van der Waals surface area (Å²) < 4.78 is 26.3. The van der Waals surface area contributed by atoms with Crippen LogP contribution < -0.4 is 4.90 Å². The average molecular weight is 240 g/mol. The number of halogens is 2. The van der Waals surface area contributed by atoms with Crippen molar-refractivity contribution in [3.05, 3.63) is 23.9 Å². The number of fused-ring (bicyclic) bond motifs is 1. The van der Waals surface area contributed by atoms with E-state index in [1.54, 1.807) is 23.1 Å². The average Bonchev–Trinajstić information content (AvgIpc) is 2.56. The van der Waals surface area contributed by atoms with E-state index < -0.39 is 5.92 Å². The zero-order chi connectivity index (χ0) is 11.3. The first-order valence-corrected chi connectivity index (χ1v) is 5.60. The normalized spacial score (nSPS) is 18.8. The third-order valence-corrected chi connectivity index (χ3v) is 3.59. The molecule has 3 rings (SSSR count). The number of hydrogen-bond donors (Lipinski definition) is 0. The summed E-state index contributed by atoms with van der Waals surface area (Å²) in [4.78, 5) is 5.82. The monoisotopic (exact) mass is 240 g/mol. The molecule has 3 nitrogen and oxygen atoms in total. The molecule has 1 saturated heterocycles. The number of nitrogens with one attached hydrogen (secondary N) is 1. The second-order valence-corrected chi connectivity index (χ2v) is 4.90. The van der Waals surface area contributed by atoms with Gasteiger partial charge in [0.05, 0.1) is 23.3 Å². The Hall–Kier alpha value is -1.43. The quantitative estimate of drug-likeness (QED) is 0.766. The number of alkyl halides is 2. The molecule has 1 aromatic carbocycles. The van der Waals surface area contributed by atoms with Crippen LogP contribution in [0.2, 0.25) is 0 Å². The van der Waals surface area contributed by atoms with Crippen LogP contribution in [-0.4, -0.2) is 24.0 Å². The van der Waals surface area contributed by atoms with Crippen LogP contribution in [0.15, 0.2) is 18.2 Å². The molecule has 1 aliphatic heterocycles. The van der Waals surface area contributed by atoms with Crippen molar-refractivity contribution in [1.29, 1.82) is 0 Å². The third-order valence-electron chi connectivity index (χ3n) is 2.49. The minimum Gasteiger partial charge on any atom is -0.699 e. The van der Waals surface area contributed by atoms with Crippen molar-refractivity contribution in [3.63, 3.8) is 0 Å². The van der Waals surface area contributed by atoms with Crippen LogP contribution in [0.3, 0.4) is 0 Å². The van der Waals surface area contributed by atoms with Crippen molar-refractivity contribution >= 4 is 32.4 Å². The highest BCUT2D eigenvalue weighted by atomic mass is 32.1. The zero-order valence-electron chi connectivity index (χ0n) is 8.20. The van der Waals surface area contributed by atoms with Gasteiger partial charge in [-0.05, 0) is 6.07 Å². The molecule has 84 valence electrons. The SMILES string of the molecule is [NH-]c1ccc2sc(N3CC(F)(F)C3)nc2c1. The Kier molecular flexibility index (Phi) is 1.85. The number of benzene rings is 1. The van der Waals surface area contributed by atoms with Crippen LogP contribution in [0.5, 0.6) is 0 Å². The topological polar surface area (TPSA) is 39.9 Å². The van der Waals surface area contributed by atoms with E-state index in [2.05, 4.69) is 4.98 Å². The van der Waals surface area contributed by atoms with Crippen molar-refractivity contribution in [2.24, 2.45) is 0 Å². The Balaban J connectivity index is 1.95. The lowest BCUT2D eigenvalue weighted by Crippen LogP contribution is -2.56. The molecule has 2 heterocycles. The van der Waals surface area contributed by atoms with E-state index >= 15 is 0 Å². The maximum Gasteiger partial charge on any atom is 0.282 e. The fourth-order valence-electron chi connectivity index (χ4n) is 1.70. The zero-order valence-corrected chi connectivity index (χ0v) is 9.02. The van der Waals surface area contributed by atoms with Crippen LogP contribution in [0.25, 0.3) is 16.0 Å². The van der Waals surface area contributed by atoms with Crippen molar-refractivity contribution in [2.45, 2.75) is 5.92 Å². The number of aromatic nitrogens is 1. The van der Waals surface area contributed by atoms with Gasteiger partial charge in [0.1, 0.15) is 0 Å². The number of anilines is 1. The van der Waals surface area contributed by atoms with Gasteiger partial charge in [-0.3, -0.25) is 0 Å². The second-order valence-electron chi connectivity index (χ2n) is 3.89. The summed E-state index contributed by atoms with van der Waals surface area (Å²) in [6, 6.07) is 5.12. The Morgan fingerprint density at radius 2 is 2.12 bits per heavy atom. The first-order chi connectivity index (χ1) is 7.53. The first-order valence-electron chi connectivity index (χ1n) is 4.78. The summed E-state index contributed by atoms with van der Waals surface area (Å²) in [6.07, 6.45) is 0. The smallest absolute Gasteiger partial charge is 0.282 e. The minimum absolute atomic E-state index is 0.249. The molecule has 0 saturated carbocycles. The lowest BCUT2D eigenvalue weighted by molar-refractivity contribution is -0.0262. The van der Waals surface area contributed by atoms with E-state index in [0.29, 0.717) is 16.3 Å². The highest BCUT2D eigenvalue weighted by molar-refractivity contribution is 7.22. The standard InChI is InChI=1S/C10H8F2N3S/c11-10(12)4-15(5-10)9-14-7-3-6(13)1-2-8(7)16-9/h1-3,13H,4-5H2/q-1. The van der Waals surface area contributed by atoms with E-state index in [0.717, 1.165) is 4.70 Å². The number of rotatable bonds is 1. The summed E-state index contributed by atoms with van der Waals surface area (Å²) in [5.41, 5.74) is 8.54. The molecule has 0 spiro atoms. The van der Waals surface area contributed by atoms with Crippen LogP contribution in [0.1, 0.15) is 0 Å². The third kappa shape index (κ3) is 1.49. The minimum atomic E-state index is -2.57. The van der Waals surface area contributed by atoms with E-state index in [9.17, 15) is 8.78 Å². The molecule has 0 aliphatic carbocycles. The Labute approximate surface area is 94.5 Å². The van der Waals surface area contributed by atoms with Gasteiger partial charge in [-0.2, -0.15) is 0 Å². The van der Waals surface area contributed by atoms with Gasteiger partial charge >= 0.3 is 0 Å². The molecule has 1 aromatic heterocycles. The van der Waals surface area contributed by atoms with Gasteiger partial charge in [-0.1, -0.05) is 23.5 Å². The second kappa shape index (κ2) is 3.04. The number of hydrogen-bond acceptors (Lipinski definition) is 3. The molecule has 0 atom stereocenters. The molecular weight excluding hydrogens is 232 g/mol. The fourth-order valence-corrected chi connectivity index (χ4v) is 2.64. The Morgan fingerprint density at radius 1 is 1.38 bits per heavy atom. The first kappa shape index (κ1) is 9.77. The molecular formula is C10H8F2N3S-. The lowest BCUT2D eigenvalue weighted by atomic mass is 10.2. The summed E-state index contributed by atoms with van der Waals surface area (Å²) >= 11 is 1.39. The Bertz CT molecular complexity index is 544. The molecule has 2 aromatic rings. The Morgan fingerprint density at radius 3 is 2.81 bits per heavy atom. The fraction of sp³-hybridized carbons (Fsp3) is 0.300. The lowest BCUT2D eigenvalue weighted by Gasteiger charge is -2.38. The number of thiazole rings is 1. The van der Waals surface area contributed by atoms with Crippen molar-refractivity contribution < 1.29 is 8.78 Å². The highest BCUT2D eigenvalue weighted by Crippen LogP contribution is 2.37. The van der Waals surface area contributed by atoms with E-state index in [4.69, 9.17) is 5.73 Å². The van der Waals surface area contributed by atoms with Gasteiger partial charge in [-0.15, -0.1) is 5.69 Å². The summed E-state index contributed by atoms with van der Waals surface area (Å²) in [7, 11) is 0. The van der Waals surface area contributed by atoms with Gasteiger partial charge in [-0.25, -0.2) is 13.8 Å². The van der Waals surface area contributed by atoms with Gasteiger partial charge in [0, 0.05) is 0 Å². The molecule has 16 heavy (non-hydrogen) atoms. The predicted octanol–water partition coefficient (Wildman–Crippen LogP) is 3.44. The maximum atomic E-state index is 12.7. The highest BCUT2D eigenvalue weighted by Gasteiger charge is 2.45. The molecule has 0 radical (unpaired) electrons. The van der Waals surface area contributed by atoms with Crippen LogP contribution in [-0.2, 0) is 0 Å². The van der Waals surface area contributed by atoms with Crippen LogP contribution >= 0.6 is 11.3 Å². The van der Waals surface area contributed by atoms with E-state index in [1.807, 2.05) is 0 Å². The van der Waals surface area contributed by atoms with Crippen molar-refractivity contribution in [3.8, 4) is 0 Å².